The van der Waals surface area contributed by atoms with Crippen molar-refractivity contribution in [1.82, 2.24) is 20.0 Å². The van der Waals surface area contributed by atoms with Crippen LogP contribution in [0.2, 0.25) is 5.02 Å². The number of aryl methyl sites for hydroxylation is 1. The zero-order valence-corrected chi connectivity index (χ0v) is 18.2. The van der Waals surface area contributed by atoms with Gasteiger partial charge in [0.1, 0.15) is 17.9 Å². The van der Waals surface area contributed by atoms with Crippen LogP contribution in [0.4, 0.5) is 10.5 Å². The molecule has 0 saturated carbocycles. The van der Waals surface area contributed by atoms with E-state index in [0.717, 1.165) is 16.7 Å². The van der Waals surface area contributed by atoms with Gasteiger partial charge in [0, 0.05) is 18.1 Å². The van der Waals surface area contributed by atoms with Crippen LogP contribution in [0.15, 0.2) is 29.2 Å². The van der Waals surface area contributed by atoms with Gasteiger partial charge in [-0.2, -0.15) is 5.10 Å². The molecular weight excluding hydrogens is 446 g/mol. The Morgan fingerprint density at radius 3 is 2.68 bits per heavy atom. The number of carbonyl (C=O) groups excluding carboxylic acids is 3. The minimum atomic E-state index is -0.540. The van der Waals surface area contributed by atoms with Gasteiger partial charge in [-0.3, -0.25) is 34.1 Å². The van der Waals surface area contributed by atoms with Gasteiger partial charge in [-0.1, -0.05) is 29.8 Å². The summed E-state index contributed by atoms with van der Waals surface area (Å²) in [6.45, 7) is 2.83. The third kappa shape index (κ3) is 4.94. The predicted octanol–water partition coefficient (Wildman–Crippen LogP) is 2.91. The van der Waals surface area contributed by atoms with Crippen molar-refractivity contribution < 1.29 is 19.3 Å². The standard InChI is InChI=1S/C19H18ClN5O5S/c1-11-17(25(29)30)12(2)24(22-11)10-16(26)21-7-8-23-18(27)15(31-19(23)28)9-13-5-3-4-6-14(13)20/h3-6,9H,7-8,10H2,1-2H3,(H,21,26)/b15-9-. The SMILES string of the molecule is Cc1nn(CC(=O)NCCN2C(=O)S/C(=C\c3ccccc3Cl)C2=O)c(C)c1[N+](=O)[O-]. The summed E-state index contributed by atoms with van der Waals surface area (Å²) in [5.41, 5.74) is 0.990. The summed E-state index contributed by atoms with van der Waals surface area (Å²) in [7, 11) is 0. The highest BCUT2D eigenvalue weighted by atomic mass is 35.5. The number of halogens is 1. The second-order valence-electron chi connectivity index (χ2n) is 6.64. The van der Waals surface area contributed by atoms with Crippen LogP contribution < -0.4 is 5.32 Å². The zero-order valence-electron chi connectivity index (χ0n) is 16.6. The minimum absolute atomic E-state index is 0.00642. The number of rotatable bonds is 7. The molecule has 0 aliphatic carbocycles. The van der Waals surface area contributed by atoms with E-state index in [-0.39, 0.29) is 41.6 Å². The number of amides is 3. The van der Waals surface area contributed by atoms with Crippen LogP contribution in [0.3, 0.4) is 0 Å². The Bertz CT molecular complexity index is 1110. The molecule has 1 aliphatic heterocycles. The second-order valence-corrected chi connectivity index (χ2v) is 8.04. The van der Waals surface area contributed by atoms with Crippen molar-refractivity contribution in [2.45, 2.75) is 20.4 Å². The van der Waals surface area contributed by atoms with E-state index in [1.807, 2.05) is 0 Å². The van der Waals surface area contributed by atoms with Crippen LogP contribution in [0.5, 0.6) is 0 Å². The van der Waals surface area contributed by atoms with Gasteiger partial charge in [-0.25, -0.2) is 0 Å². The number of benzene rings is 1. The van der Waals surface area contributed by atoms with E-state index in [1.165, 1.54) is 18.5 Å². The van der Waals surface area contributed by atoms with Crippen molar-refractivity contribution in [2.24, 2.45) is 0 Å². The lowest BCUT2D eigenvalue weighted by molar-refractivity contribution is -0.386. The molecule has 1 saturated heterocycles. The molecule has 3 rings (SSSR count). The summed E-state index contributed by atoms with van der Waals surface area (Å²) in [6, 6.07) is 6.96. The third-order valence-corrected chi connectivity index (χ3v) is 5.79. The number of nitro groups is 1. The highest BCUT2D eigenvalue weighted by Crippen LogP contribution is 2.33. The van der Waals surface area contributed by atoms with E-state index in [9.17, 15) is 24.5 Å². The molecule has 1 aromatic heterocycles. The van der Waals surface area contributed by atoms with Crippen LogP contribution >= 0.6 is 23.4 Å². The van der Waals surface area contributed by atoms with Crippen molar-refractivity contribution >= 4 is 52.2 Å². The monoisotopic (exact) mass is 463 g/mol. The molecule has 0 spiro atoms. The van der Waals surface area contributed by atoms with Crippen molar-refractivity contribution in [3.8, 4) is 0 Å². The first-order valence-electron chi connectivity index (χ1n) is 9.14. The van der Waals surface area contributed by atoms with Crippen LogP contribution in [0.1, 0.15) is 17.0 Å². The van der Waals surface area contributed by atoms with Gasteiger partial charge in [0.05, 0.1) is 9.83 Å². The number of hydrogen-bond acceptors (Lipinski definition) is 7. The molecule has 1 aromatic carbocycles. The Labute approximate surface area is 186 Å². The molecule has 31 heavy (non-hydrogen) atoms. The van der Waals surface area contributed by atoms with E-state index in [0.29, 0.717) is 10.6 Å². The Balaban J connectivity index is 1.57. The number of carbonyl (C=O) groups is 3. The largest absolute Gasteiger partial charge is 0.353 e. The van der Waals surface area contributed by atoms with Gasteiger partial charge in [-0.15, -0.1) is 0 Å². The first-order chi connectivity index (χ1) is 14.7. The van der Waals surface area contributed by atoms with Gasteiger partial charge < -0.3 is 5.32 Å². The summed E-state index contributed by atoms with van der Waals surface area (Å²) < 4.78 is 1.25. The second kappa shape index (κ2) is 9.31. The molecule has 3 amide bonds. The molecule has 0 atom stereocenters. The smallest absolute Gasteiger partial charge is 0.312 e. The van der Waals surface area contributed by atoms with Crippen molar-refractivity contribution in [1.29, 1.82) is 0 Å². The highest BCUT2D eigenvalue weighted by molar-refractivity contribution is 8.18. The lowest BCUT2D eigenvalue weighted by atomic mass is 10.2. The molecule has 2 heterocycles. The van der Waals surface area contributed by atoms with Crippen LogP contribution in [0.25, 0.3) is 6.08 Å². The molecule has 0 radical (unpaired) electrons. The summed E-state index contributed by atoms with van der Waals surface area (Å²) in [5, 5.41) is 17.7. The van der Waals surface area contributed by atoms with Gasteiger partial charge in [0.2, 0.25) is 5.91 Å². The molecule has 0 bridgehead atoms. The molecular formula is C19H18ClN5O5S. The molecule has 10 nitrogen and oxygen atoms in total. The van der Waals surface area contributed by atoms with Crippen molar-refractivity contribution in [2.75, 3.05) is 13.1 Å². The summed E-state index contributed by atoms with van der Waals surface area (Å²) >= 11 is 6.90. The Morgan fingerprint density at radius 1 is 1.32 bits per heavy atom. The number of hydrogen-bond donors (Lipinski definition) is 1. The van der Waals surface area contributed by atoms with Gasteiger partial charge in [0.25, 0.3) is 11.1 Å². The van der Waals surface area contributed by atoms with Crippen LogP contribution in [0, 0.1) is 24.0 Å². The molecule has 2 aromatic rings. The zero-order chi connectivity index (χ0) is 22.7. The van der Waals surface area contributed by atoms with Crippen LogP contribution in [-0.4, -0.2) is 49.7 Å². The van der Waals surface area contributed by atoms with E-state index >= 15 is 0 Å². The quantitative estimate of drug-likeness (QED) is 0.380. The van der Waals surface area contributed by atoms with Gasteiger partial charge >= 0.3 is 5.69 Å². The van der Waals surface area contributed by atoms with Crippen molar-refractivity contribution in [3.63, 3.8) is 0 Å². The minimum Gasteiger partial charge on any atom is -0.353 e. The summed E-state index contributed by atoms with van der Waals surface area (Å²) in [5.74, 6) is -0.905. The summed E-state index contributed by atoms with van der Waals surface area (Å²) in [4.78, 5) is 48.7. The first-order valence-corrected chi connectivity index (χ1v) is 10.3. The topological polar surface area (TPSA) is 127 Å². The maximum Gasteiger partial charge on any atom is 0.312 e. The molecule has 1 fully saturated rings. The van der Waals surface area contributed by atoms with Crippen LogP contribution in [-0.2, 0) is 16.1 Å². The number of imide groups is 1. The van der Waals surface area contributed by atoms with E-state index in [2.05, 4.69) is 10.4 Å². The van der Waals surface area contributed by atoms with E-state index in [4.69, 9.17) is 11.6 Å². The number of thioether (sulfide) groups is 1. The Hall–Kier alpha value is -3.18. The Morgan fingerprint density at radius 2 is 2.03 bits per heavy atom. The van der Waals surface area contributed by atoms with E-state index < -0.39 is 22.0 Å². The maximum atomic E-state index is 12.5. The fourth-order valence-electron chi connectivity index (χ4n) is 3.03. The molecule has 162 valence electrons. The van der Waals surface area contributed by atoms with Gasteiger partial charge in [0.15, 0.2) is 0 Å². The fourth-order valence-corrected chi connectivity index (χ4v) is 4.08. The Kier molecular flexibility index (Phi) is 6.76. The summed E-state index contributed by atoms with van der Waals surface area (Å²) in [6.07, 6.45) is 1.56. The molecule has 1 N–H and O–H groups in total. The number of nitrogens with one attached hydrogen (secondary N) is 1. The van der Waals surface area contributed by atoms with Crippen molar-refractivity contribution in [3.05, 3.63) is 61.3 Å². The normalized spacial score (nSPS) is 15.1. The molecule has 12 heteroatoms. The third-order valence-electron chi connectivity index (χ3n) is 4.54. The molecule has 0 unspecified atom stereocenters. The number of nitrogens with zero attached hydrogens (tertiary/aromatic N) is 4. The molecule has 1 aliphatic rings. The first kappa shape index (κ1) is 22.5. The van der Waals surface area contributed by atoms with Gasteiger partial charge in [-0.05, 0) is 43.3 Å². The maximum absolute atomic E-state index is 12.5. The predicted molar refractivity (Wildman–Crippen MR) is 115 cm³/mol. The number of aromatic nitrogens is 2. The lowest BCUT2D eigenvalue weighted by Crippen LogP contribution is -2.38. The average molecular weight is 464 g/mol. The average Bonchev–Trinajstić information content (AvgIpc) is 3.12. The fraction of sp³-hybridized carbons (Fsp3) is 0.263. The highest BCUT2D eigenvalue weighted by Gasteiger charge is 2.34. The van der Waals surface area contributed by atoms with E-state index in [1.54, 1.807) is 30.3 Å². The lowest BCUT2D eigenvalue weighted by Gasteiger charge is -2.13.